The molecule has 0 unspecified atom stereocenters. The van der Waals surface area contributed by atoms with Crippen LogP contribution in [0.15, 0.2) is 0 Å². The zero-order valence-electron chi connectivity index (χ0n) is 15.0. The van der Waals surface area contributed by atoms with E-state index in [0.717, 1.165) is 12.8 Å². The molecule has 0 aromatic carbocycles. The number of cyclic esters (lactones) is 1. The molecule has 4 heteroatoms. The summed E-state index contributed by atoms with van der Waals surface area (Å²) in [4.78, 5) is 37.8. The first kappa shape index (κ1) is 18.9. The Kier molecular flexibility index (Phi) is 5.58. The number of hydrogen-bond acceptors (Lipinski definition) is 4. The van der Waals surface area contributed by atoms with Crippen LogP contribution in [0.4, 0.5) is 0 Å². The molecule has 0 radical (unpaired) electrons. The highest BCUT2D eigenvalue weighted by Crippen LogP contribution is 2.40. The number of Topliss-reactive ketones (excluding diaryl/α,β-unsaturated/α-hetero) is 2. The molecule has 0 aromatic rings. The molecule has 0 saturated carbocycles. The normalized spacial score (nSPS) is 26.0. The first-order chi connectivity index (χ1) is 9.91. The van der Waals surface area contributed by atoms with Crippen LogP contribution in [0.5, 0.6) is 0 Å². The third-order valence-corrected chi connectivity index (χ3v) is 4.19. The molecule has 1 heterocycles. The topological polar surface area (TPSA) is 60.4 Å². The van der Waals surface area contributed by atoms with Gasteiger partial charge >= 0.3 is 5.97 Å². The number of carbonyl (C=O) groups excluding carboxylic acids is 3. The van der Waals surface area contributed by atoms with Crippen LogP contribution in [0.2, 0.25) is 0 Å². The van der Waals surface area contributed by atoms with Gasteiger partial charge in [0.05, 0.1) is 5.92 Å². The summed E-state index contributed by atoms with van der Waals surface area (Å²) >= 11 is 0. The van der Waals surface area contributed by atoms with Crippen molar-refractivity contribution in [3.05, 3.63) is 0 Å². The van der Waals surface area contributed by atoms with Gasteiger partial charge in [-0.25, -0.2) is 0 Å². The molecule has 126 valence electrons. The second-order valence-corrected chi connectivity index (χ2v) is 8.35. The number of esters is 1. The van der Waals surface area contributed by atoms with E-state index in [2.05, 4.69) is 6.92 Å². The van der Waals surface area contributed by atoms with Gasteiger partial charge in [0.2, 0.25) is 0 Å². The van der Waals surface area contributed by atoms with Gasteiger partial charge in [-0.1, -0.05) is 61.3 Å². The summed E-state index contributed by atoms with van der Waals surface area (Å²) in [5, 5.41) is 0. The van der Waals surface area contributed by atoms with Crippen LogP contribution < -0.4 is 0 Å². The molecule has 1 fully saturated rings. The molecular weight excluding hydrogens is 280 g/mol. The Balaban J connectivity index is 3.19. The lowest BCUT2D eigenvalue weighted by molar-refractivity contribution is -0.149. The van der Waals surface area contributed by atoms with E-state index >= 15 is 0 Å². The Labute approximate surface area is 134 Å². The molecule has 0 spiro atoms. The number of hydrogen-bond donors (Lipinski definition) is 0. The fraction of sp³-hybridized carbons (Fsp3) is 0.833. The standard InChI is InChI=1S/C18H30O4/c1-8-9-10-11-12(14(19)17(2,3)4)13(16(21)22-11)15(20)18(5,6)7/h11-13H,8-10H2,1-7H3/t11-,12-,13-/m1/s1. The fourth-order valence-electron chi connectivity index (χ4n) is 2.86. The molecule has 0 bridgehead atoms. The number of carbonyl (C=O) groups is 3. The molecule has 0 aliphatic carbocycles. The monoisotopic (exact) mass is 310 g/mol. The first-order valence-corrected chi connectivity index (χ1v) is 8.20. The maximum Gasteiger partial charge on any atom is 0.317 e. The summed E-state index contributed by atoms with van der Waals surface area (Å²) < 4.78 is 5.44. The molecule has 1 rings (SSSR count). The fourth-order valence-corrected chi connectivity index (χ4v) is 2.86. The highest BCUT2D eigenvalue weighted by atomic mass is 16.6. The molecule has 0 amide bonds. The number of ketones is 2. The van der Waals surface area contributed by atoms with Gasteiger partial charge in [0.1, 0.15) is 17.8 Å². The number of unbranched alkanes of at least 4 members (excludes halogenated alkanes) is 1. The lowest BCUT2D eigenvalue weighted by Gasteiger charge is -2.29. The Bertz CT molecular complexity index is 451. The molecule has 1 saturated heterocycles. The smallest absolute Gasteiger partial charge is 0.317 e. The van der Waals surface area contributed by atoms with Crippen molar-refractivity contribution < 1.29 is 19.1 Å². The average molecular weight is 310 g/mol. The van der Waals surface area contributed by atoms with Crippen LogP contribution in [0, 0.1) is 22.7 Å². The van der Waals surface area contributed by atoms with Crippen molar-refractivity contribution in [1.29, 1.82) is 0 Å². The Morgan fingerprint density at radius 2 is 1.50 bits per heavy atom. The van der Waals surface area contributed by atoms with Crippen LogP contribution in [-0.4, -0.2) is 23.6 Å². The van der Waals surface area contributed by atoms with Crippen LogP contribution in [0.3, 0.4) is 0 Å². The molecule has 4 nitrogen and oxygen atoms in total. The molecule has 22 heavy (non-hydrogen) atoms. The van der Waals surface area contributed by atoms with E-state index in [1.165, 1.54) is 0 Å². The highest BCUT2D eigenvalue weighted by molar-refractivity contribution is 6.08. The maximum absolute atomic E-state index is 12.8. The minimum Gasteiger partial charge on any atom is -0.461 e. The van der Waals surface area contributed by atoms with E-state index in [-0.39, 0.29) is 11.6 Å². The predicted molar refractivity (Wildman–Crippen MR) is 85.3 cm³/mol. The van der Waals surface area contributed by atoms with E-state index in [1.807, 2.05) is 20.8 Å². The summed E-state index contributed by atoms with van der Waals surface area (Å²) in [5.41, 5.74) is -1.26. The summed E-state index contributed by atoms with van der Waals surface area (Å²) in [7, 11) is 0. The van der Waals surface area contributed by atoms with Gasteiger partial charge in [-0.15, -0.1) is 0 Å². The van der Waals surface area contributed by atoms with Gasteiger partial charge in [0.25, 0.3) is 0 Å². The molecule has 1 aliphatic rings. The van der Waals surface area contributed by atoms with Crippen LogP contribution >= 0.6 is 0 Å². The van der Waals surface area contributed by atoms with Gasteiger partial charge < -0.3 is 4.74 Å². The minimum atomic E-state index is -0.950. The van der Waals surface area contributed by atoms with Gasteiger partial charge in [0.15, 0.2) is 5.78 Å². The Morgan fingerprint density at radius 3 is 1.91 bits per heavy atom. The molecule has 0 N–H and O–H groups in total. The number of rotatable bonds is 5. The highest BCUT2D eigenvalue weighted by Gasteiger charge is 2.55. The van der Waals surface area contributed by atoms with Crippen molar-refractivity contribution in [3.63, 3.8) is 0 Å². The molecule has 0 aromatic heterocycles. The van der Waals surface area contributed by atoms with Crippen molar-refractivity contribution in [2.24, 2.45) is 22.7 Å². The SMILES string of the molecule is CCCC[C@H]1OC(=O)[C@@H](C(=O)C(C)(C)C)[C@@H]1C(=O)C(C)(C)C. The predicted octanol–water partition coefficient (Wildman–Crippen LogP) is 3.56. The molecule has 3 atom stereocenters. The van der Waals surface area contributed by atoms with Crippen molar-refractivity contribution in [1.82, 2.24) is 0 Å². The lowest BCUT2D eigenvalue weighted by Crippen LogP contribution is -2.43. The second kappa shape index (κ2) is 6.51. The molecular formula is C18H30O4. The van der Waals surface area contributed by atoms with Crippen molar-refractivity contribution in [2.75, 3.05) is 0 Å². The van der Waals surface area contributed by atoms with Crippen LogP contribution in [-0.2, 0) is 19.1 Å². The van der Waals surface area contributed by atoms with Gasteiger partial charge in [-0.2, -0.15) is 0 Å². The van der Waals surface area contributed by atoms with Gasteiger partial charge in [-0.05, 0) is 6.42 Å². The van der Waals surface area contributed by atoms with Crippen LogP contribution in [0.1, 0.15) is 67.7 Å². The summed E-state index contributed by atoms with van der Waals surface area (Å²) in [6, 6.07) is 0. The largest absolute Gasteiger partial charge is 0.461 e. The zero-order chi connectivity index (χ0) is 17.3. The van der Waals surface area contributed by atoms with E-state index in [1.54, 1.807) is 20.8 Å². The molecule has 1 aliphatic heterocycles. The number of ether oxygens (including phenoxy) is 1. The summed E-state index contributed by atoms with van der Waals surface area (Å²) in [5.74, 6) is -2.37. The van der Waals surface area contributed by atoms with E-state index in [4.69, 9.17) is 4.74 Å². The van der Waals surface area contributed by atoms with Gasteiger partial charge in [0, 0.05) is 10.8 Å². The third kappa shape index (κ3) is 3.96. The van der Waals surface area contributed by atoms with E-state index in [0.29, 0.717) is 6.42 Å². The third-order valence-electron chi connectivity index (χ3n) is 4.19. The lowest BCUT2D eigenvalue weighted by atomic mass is 9.70. The minimum absolute atomic E-state index is 0.0537. The second-order valence-electron chi connectivity index (χ2n) is 8.35. The van der Waals surface area contributed by atoms with E-state index < -0.39 is 34.7 Å². The average Bonchev–Trinajstić information content (AvgIpc) is 2.68. The van der Waals surface area contributed by atoms with E-state index in [9.17, 15) is 14.4 Å². The Morgan fingerprint density at radius 1 is 1.00 bits per heavy atom. The summed E-state index contributed by atoms with van der Waals surface area (Å²) in [6.07, 6.45) is 2.02. The first-order valence-electron chi connectivity index (χ1n) is 8.20. The maximum atomic E-state index is 12.8. The van der Waals surface area contributed by atoms with Crippen LogP contribution in [0.25, 0.3) is 0 Å². The van der Waals surface area contributed by atoms with Crippen molar-refractivity contribution in [3.8, 4) is 0 Å². The zero-order valence-corrected chi connectivity index (χ0v) is 15.0. The summed E-state index contributed by atoms with van der Waals surface area (Å²) in [6.45, 7) is 12.9. The van der Waals surface area contributed by atoms with Crippen molar-refractivity contribution >= 4 is 17.5 Å². The quantitative estimate of drug-likeness (QED) is 0.575. The van der Waals surface area contributed by atoms with Crippen molar-refractivity contribution in [2.45, 2.75) is 73.8 Å². The Hall–Kier alpha value is -1.19. The van der Waals surface area contributed by atoms with Gasteiger partial charge in [-0.3, -0.25) is 14.4 Å².